The monoisotopic (exact) mass is 225 g/mol. The van der Waals surface area contributed by atoms with Crippen molar-refractivity contribution >= 4 is 6.03 Å². The minimum atomic E-state index is 0.162. The van der Waals surface area contributed by atoms with Crippen LogP contribution in [0.3, 0.4) is 0 Å². The summed E-state index contributed by atoms with van der Waals surface area (Å²) in [7, 11) is 1.94. The van der Waals surface area contributed by atoms with E-state index < -0.39 is 0 Å². The average molecular weight is 225 g/mol. The molecule has 2 N–H and O–H groups in total. The summed E-state index contributed by atoms with van der Waals surface area (Å²) in [4.78, 5) is 15.9. The number of hydrogen-bond acceptors (Lipinski definition) is 2. The fourth-order valence-electron chi connectivity index (χ4n) is 3.05. The average Bonchev–Trinajstić information content (AvgIpc) is 2.89. The SMILES string of the molecule is CC(CN)N1CC(C2CCCC2)N(C)C1=O. The van der Waals surface area contributed by atoms with Gasteiger partial charge in [0.1, 0.15) is 0 Å². The van der Waals surface area contributed by atoms with E-state index in [1.54, 1.807) is 0 Å². The molecule has 92 valence electrons. The molecule has 0 radical (unpaired) electrons. The van der Waals surface area contributed by atoms with E-state index in [0.29, 0.717) is 18.5 Å². The summed E-state index contributed by atoms with van der Waals surface area (Å²) in [6.07, 6.45) is 5.23. The van der Waals surface area contributed by atoms with Gasteiger partial charge in [-0.1, -0.05) is 12.8 Å². The van der Waals surface area contributed by atoms with E-state index in [9.17, 15) is 4.79 Å². The lowest BCUT2D eigenvalue weighted by Gasteiger charge is -2.23. The second kappa shape index (κ2) is 4.62. The van der Waals surface area contributed by atoms with Gasteiger partial charge in [0.2, 0.25) is 0 Å². The molecule has 2 amide bonds. The largest absolute Gasteiger partial charge is 0.328 e. The number of rotatable bonds is 3. The van der Waals surface area contributed by atoms with Crippen LogP contribution in [0.5, 0.6) is 0 Å². The van der Waals surface area contributed by atoms with Gasteiger partial charge in [-0.3, -0.25) is 0 Å². The third kappa shape index (κ3) is 1.90. The number of carbonyl (C=O) groups is 1. The number of hydrogen-bond donors (Lipinski definition) is 1. The van der Waals surface area contributed by atoms with Crippen LogP contribution >= 0.6 is 0 Å². The molecule has 4 heteroatoms. The third-order valence-corrected chi connectivity index (χ3v) is 4.25. The maximum Gasteiger partial charge on any atom is 0.320 e. The highest BCUT2D eigenvalue weighted by atomic mass is 16.2. The molecule has 16 heavy (non-hydrogen) atoms. The van der Waals surface area contributed by atoms with E-state index in [2.05, 4.69) is 0 Å². The summed E-state index contributed by atoms with van der Waals surface area (Å²) in [5.41, 5.74) is 5.65. The Balaban J connectivity index is 2.04. The van der Waals surface area contributed by atoms with Crippen LogP contribution in [-0.2, 0) is 0 Å². The standard InChI is InChI=1S/C12H23N3O/c1-9(7-13)15-8-11(14(2)12(15)16)10-5-3-4-6-10/h9-11H,3-8,13H2,1-2H3. The molecule has 2 fully saturated rings. The molecule has 1 heterocycles. The highest BCUT2D eigenvalue weighted by molar-refractivity contribution is 5.77. The van der Waals surface area contributed by atoms with Crippen molar-refractivity contribution in [2.45, 2.75) is 44.7 Å². The first kappa shape index (κ1) is 11.7. The molecule has 0 aromatic heterocycles. The number of nitrogens with two attached hydrogens (primary N) is 1. The first-order valence-corrected chi connectivity index (χ1v) is 6.38. The predicted octanol–water partition coefficient (Wildman–Crippen LogP) is 1.26. The van der Waals surface area contributed by atoms with Crippen LogP contribution in [0.1, 0.15) is 32.6 Å². The third-order valence-electron chi connectivity index (χ3n) is 4.25. The van der Waals surface area contributed by atoms with Crippen LogP contribution in [0.15, 0.2) is 0 Å². The summed E-state index contributed by atoms with van der Waals surface area (Å²) in [5.74, 6) is 0.712. The maximum absolute atomic E-state index is 12.1. The van der Waals surface area contributed by atoms with E-state index in [1.165, 1.54) is 25.7 Å². The molecule has 0 aromatic rings. The quantitative estimate of drug-likeness (QED) is 0.786. The highest BCUT2D eigenvalue weighted by Gasteiger charge is 2.41. The smallest absolute Gasteiger partial charge is 0.320 e. The van der Waals surface area contributed by atoms with Gasteiger partial charge in [0.15, 0.2) is 0 Å². The normalized spacial score (nSPS) is 29.2. The van der Waals surface area contributed by atoms with Gasteiger partial charge in [-0.15, -0.1) is 0 Å². The molecule has 1 aliphatic carbocycles. The summed E-state index contributed by atoms with van der Waals surface area (Å²) in [6, 6.07) is 0.750. The van der Waals surface area contributed by atoms with Crippen LogP contribution in [0.4, 0.5) is 4.79 Å². The van der Waals surface area contributed by atoms with E-state index in [1.807, 2.05) is 23.8 Å². The first-order valence-electron chi connectivity index (χ1n) is 6.38. The minimum Gasteiger partial charge on any atom is -0.328 e. The zero-order valence-corrected chi connectivity index (χ0v) is 10.4. The summed E-state index contributed by atoms with van der Waals surface area (Å²) < 4.78 is 0. The Kier molecular flexibility index (Phi) is 3.38. The van der Waals surface area contributed by atoms with Gasteiger partial charge in [0, 0.05) is 26.2 Å². The van der Waals surface area contributed by atoms with Crippen molar-refractivity contribution in [1.82, 2.24) is 9.80 Å². The van der Waals surface area contributed by atoms with Gasteiger partial charge < -0.3 is 15.5 Å². The Morgan fingerprint density at radius 2 is 2.06 bits per heavy atom. The summed E-state index contributed by atoms with van der Waals surface area (Å²) in [6.45, 7) is 3.46. The van der Waals surface area contributed by atoms with Crippen molar-refractivity contribution in [1.29, 1.82) is 0 Å². The zero-order valence-electron chi connectivity index (χ0n) is 10.4. The van der Waals surface area contributed by atoms with Crippen molar-refractivity contribution in [3.63, 3.8) is 0 Å². The second-order valence-electron chi connectivity index (χ2n) is 5.24. The lowest BCUT2D eigenvalue weighted by Crippen LogP contribution is -2.40. The summed E-state index contributed by atoms with van der Waals surface area (Å²) in [5, 5.41) is 0. The van der Waals surface area contributed by atoms with Crippen molar-refractivity contribution in [3.05, 3.63) is 0 Å². The Hall–Kier alpha value is -0.770. The number of amides is 2. The lowest BCUT2D eigenvalue weighted by atomic mass is 9.98. The van der Waals surface area contributed by atoms with Gasteiger partial charge >= 0.3 is 6.03 Å². The molecule has 2 aliphatic rings. The Morgan fingerprint density at radius 1 is 1.44 bits per heavy atom. The van der Waals surface area contributed by atoms with Gasteiger partial charge in [-0.25, -0.2) is 4.79 Å². The number of likely N-dealkylation sites (N-methyl/N-ethyl adjacent to an activating group) is 1. The van der Waals surface area contributed by atoms with Gasteiger partial charge in [-0.2, -0.15) is 0 Å². The molecular weight excluding hydrogens is 202 g/mol. The maximum atomic E-state index is 12.1. The fourth-order valence-corrected chi connectivity index (χ4v) is 3.05. The zero-order chi connectivity index (χ0) is 11.7. The highest BCUT2D eigenvalue weighted by Crippen LogP contribution is 2.33. The molecule has 4 nitrogen and oxygen atoms in total. The van der Waals surface area contributed by atoms with Crippen molar-refractivity contribution in [2.24, 2.45) is 11.7 Å². The molecule has 1 saturated heterocycles. The lowest BCUT2D eigenvalue weighted by molar-refractivity contribution is 0.182. The molecule has 2 atom stereocenters. The van der Waals surface area contributed by atoms with Gasteiger partial charge in [-0.05, 0) is 25.7 Å². The van der Waals surface area contributed by atoms with E-state index in [4.69, 9.17) is 5.73 Å². The van der Waals surface area contributed by atoms with Crippen LogP contribution < -0.4 is 5.73 Å². The fraction of sp³-hybridized carbons (Fsp3) is 0.917. The Bertz CT molecular complexity index is 263. The molecule has 1 aliphatic heterocycles. The molecule has 1 saturated carbocycles. The second-order valence-corrected chi connectivity index (χ2v) is 5.24. The van der Waals surface area contributed by atoms with E-state index in [0.717, 1.165) is 6.54 Å². The van der Waals surface area contributed by atoms with Crippen LogP contribution in [0.2, 0.25) is 0 Å². The minimum absolute atomic E-state index is 0.162. The molecule has 0 bridgehead atoms. The van der Waals surface area contributed by atoms with Crippen molar-refractivity contribution in [2.75, 3.05) is 20.1 Å². The van der Waals surface area contributed by atoms with Crippen LogP contribution in [-0.4, -0.2) is 48.1 Å². The Labute approximate surface area is 97.8 Å². The molecule has 0 spiro atoms. The van der Waals surface area contributed by atoms with E-state index in [-0.39, 0.29) is 12.1 Å². The molecule has 2 unspecified atom stereocenters. The van der Waals surface area contributed by atoms with Crippen molar-refractivity contribution in [3.8, 4) is 0 Å². The predicted molar refractivity (Wildman–Crippen MR) is 64.1 cm³/mol. The molecular formula is C12H23N3O. The molecule has 2 rings (SSSR count). The van der Waals surface area contributed by atoms with Gasteiger partial charge in [0.25, 0.3) is 0 Å². The topological polar surface area (TPSA) is 49.6 Å². The number of nitrogens with zero attached hydrogens (tertiary/aromatic N) is 2. The van der Waals surface area contributed by atoms with Crippen LogP contribution in [0.25, 0.3) is 0 Å². The van der Waals surface area contributed by atoms with Crippen molar-refractivity contribution < 1.29 is 4.79 Å². The first-order chi connectivity index (χ1) is 7.65. The summed E-state index contributed by atoms with van der Waals surface area (Å²) >= 11 is 0. The Morgan fingerprint density at radius 3 is 2.62 bits per heavy atom. The van der Waals surface area contributed by atoms with Crippen LogP contribution in [0, 0.1) is 5.92 Å². The van der Waals surface area contributed by atoms with Gasteiger partial charge in [0.05, 0.1) is 6.04 Å². The number of urea groups is 1. The van der Waals surface area contributed by atoms with E-state index >= 15 is 0 Å². The number of carbonyl (C=O) groups excluding carboxylic acids is 1. The molecule has 0 aromatic carbocycles.